The van der Waals surface area contributed by atoms with Gasteiger partial charge in [-0.05, 0) is 33.0 Å². The Kier molecular flexibility index (Phi) is 5.20. The van der Waals surface area contributed by atoms with Crippen molar-refractivity contribution in [2.45, 2.75) is 26.4 Å². The minimum Gasteiger partial charge on any atom is -0.419 e. The number of hydrogen-bond acceptors (Lipinski definition) is 7. The van der Waals surface area contributed by atoms with Crippen molar-refractivity contribution in [1.82, 2.24) is 20.1 Å². The number of aromatic nitrogens is 3. The van der Waals surface area contributed by atoms with E-state index in [0.29, 0.717) is 23.5 Å². The summed E-state index contributed by atoms with van der Waals surface area (Å²) in [4.78, 5) is 18.4. The first-order valence-corrected chi connectivity index (χ1v) is 8.72. The zero-order chi connectivity index (χ0) is 17.8. The number of nitrogens with zero attached hydrogens (tertiary/aromatic N) is 4. The van der Waals surface area contributed by atoms with E-state index < -0.39 is 0 Å². The lowest BCUT2D eigenvalue weighted by atomic mass is 10.2. The van der Waals surface area contributed by atoms with Gasteiger partial charge >= 0.3 is 0 Å². The molecule has 0 aliphatic rings. The Bertz CT molecular complexity index is 846. The lowest BCUT2D eigenvalue weighted by Gasteiger charge is -2.21. The molecule has 1 amide bonds. The molecule has 1 aromatic carbocycles. The highest BCUT2D eigenvalue weighted by Crippen LogP contribution is 2.18. The van der Waals surface area contributed by atoms with Crippen LogP contribution in [0.3, 0.4) is 0 Å². The molecular formula is C17H19N5O2S. The van der Waals surface area contributed by atoms with Crippen LogP contribution >= 0.6 is 11.3 Å². The molecule has 1 unspecified atom stereocenters. The molecular weight excluding hydrogens is 338 g/mol. The third-order valence-corrected chi connectivity index (χ3v) is 4.64. The predicted molar refractivity (Wildman–Crippen MR) is 96.1 cm³/mol. The van der Waals surface area contributed by atoms with Crippen molar-refractivity contribution in [2.75, 3.05) is 12.4 Å². The average molecular weight is 357 g/mol. The van der Waals surface area contributed by atoms with Gasteiger partial charge in [-0.25, -0.2) is 4.98 Å². The second-order valence-electron chi connectivity index (χ2n) is 5.74. The molecule has 0 saturated heterocycles. The van der Waals surface area contributed by atoms with Gasteiger partial charge in [-0.3, -0.25) is 9.69 Å². The van der Waals surface area contributed by atoms with E-state index >= 15 is 0 Å². The van der Waals surface area contributed by atoms with Crippen molar-refractivity contribution in [3.63, 3.8) is 0 Å². The van der Waals surface area contributed by atoms with E-state index in [1.807, 2.05) is 61.5 Å². The van der Waals surface area contributed by atoms with Gasteiger partial charge in [0.25, 0.3) is 0 Å². The maximum Gasteiger partial charge on any atom is 0.247 e. The molecule has 0 aliphatic carbocycles. The van der Waals surface area contributed by atoms with Gasteiger partial charge in [0.05, 0.1) is 18.3 Å². The average Bonchev–Trinajstić information content (AvgIpc) is 3.24. The number of rotatable bonds is 6. The van der Waals surface area contributed by atoms with E-state index in [0.717, 1.165) is 11.3 Å². The Labute approximate surface area is 149 Å². The molecule has 0 spiro atoms. The molecule has 130 valence electrons. The van der Waals surface area contributed by atoms with Crippen LogP contribution in [0, 0.1) is 6.92 Å². The number of hydrogen-bond donors (Lipinski definition) is 1. The molecule has 25 heavy (non-hydrogen) atoms. The van der Waals surface area contributed by atoms with Gasteiger partial charge in [0.1, 0.15) is 0 Å². The number of amides is 1. The number of anilines is 1. The number of likely N-dealkylation sites (N-methyl/N-ethyl adjacent to an activating group) is 1. The standard InChI is InChI=1S/C17H19N5O2S/c1-11-10-25-17(18-11)19-15(23)12(2)22(3)9-14-20-21-16(24-14)13-7-5-4-6-8-13/h4-8,10,12H,9H2,1-3H3,(H,18,19,23). The highest BCUT2D eigenvalue weighted by atomic mass is 32.1. The summed E-state index contributed by atoms with van der Waals surface area (Å²) in [5.74, 6) is 0.810. The Morgan fingerprint density at radius 2 is 2.08 bits per heavy atom. The second kappa shape index (κ2) is 7.54. The second-order valence-corrected chi connectivity index (χ2v) is 6.60. The van der Waals surface area contributed by atoms with Crippen LogP contribution < -0.4 is 5.32 Å². The van der Waals surface area contributed by atoms with Crippen molar-refractivity contribution < 1.29 is 9.21 Å². The number of carbonyl (C=O) groups is 1. The van der Waals surface area contributed by atoms with Gasteiger partial charge in [0, 0.05) is 10.9 Å². The Morgan fingerprint density at radius 3 is 2.76 bits per heavy atom. The Morgan fingerprint density at radius 1 is 1.32 bits per heavy atom. The van der Waals surface area contributed by atoms with Gasteiger partial charge in [-0.15, -0.1) is 21.5 Å². The summed E-state index contributed by atoms with van der Waals surface area (Å²) in [5.41, 5.74) is 1.76. The van der Waals surface area contributed by atoms with E-state index in [2.05, 4.69) is 20.5 Å². The van der Waals surface area contributed by atoms with Crippen LogP contribution in [0.5, 0.6) is 0 Å². The van der Waals surface area contributed by atoms with Gasteiger partial charge < -0.3 is 9.73 Å². The number of nitrogens with one attached hydrogen (secondary N) is 1. The molecule has 3 rings (SSSR count). The summed E-state index contributed by atoms with van der Waals surface area (Å²) in [6.07, 6.45) is 0. The molecule has 0 saturated carbocycles. The number of benzene rings is 1. The normalized spacial score (nSPS) is 12.3. The summed E-state index contributed by atoms with van der Waals surface area (Å²) in [6.45, 7) is 4.09. The minimum atomic E-state index is -0.365. The van der Waals surface area contributed by atoms with Crippen molar-refractivity contribution in [3.05, 3.63) is 47.3 Å². The molecule has 0 aliphatic heterocycles. The van der Waals surface area contributed by atoms with Gasteiger partial charge in [-0.1, -0.05) is 18.2 Å². The van der Waals surface area contributed by atoms with Crippen LogP contribution in [0.25, 0.3) is 11.5 Å². The fraction of sp³-hybridized carbons (Fsp3) is 0.294. The van der Waals surface area contributed by atoms with Crippen molar-refractivity contribution in [2.24, 2.45) is 0 Å². The number of thiazole rings is 1. The first-order valence-electron chi connectivity index (χ1n) is 7.84. The minimum absolute atomic E-state index is 0.125. The summed E-state index contributed by atoms with van der Waals surface area (Å²) >= 11 is 1.41. The number of aryl methyl sites for hydroxylation is 1. The first-order chi connectivity index (χ1) is 12.0. The number of carbonyl (C=O) groups excluding carboxylic acids is 1. The third kappa shape index (κ3) is 4.28. The van der Waals surface area contributed by atoms with Crippen LogP contribution in [0.4, 0.5) is 5.13 Å². The van der Waals surface area contributed by atoms with Gasteiger partial charge in [-0.2, -0.15) is 0 Å². The maximum absolute atomic E-state index is 12.3. The maximum atomic E-state index is 12.3. The van der Waals surface area contributed by atoms with Crippen molar-refractivity contribution in [3.8, 4) is 11.5 Å². The SMILES string of the molecule is Cc1csc(NC(=O)C(C)N(C)Cc2nnc(-c3ccccc3)o2)n1. The molecule has 7 nitrogen and oxygen atoms in total. The molecule has 2 aromatic heterocycles. The van der Waals surface area contributed by atoms with Crippen LogP contribution in [0.2, 0.25) is 0 Å². The molecule has 1 atom stereocenters. The highest BCUT2D eigenvalue weighted by molar-refractivity contribution is 7.13. The van der Waals surface area contributed by atoms with E-state index in [4.69, 9.17) is 4.42 Å². The molecule has 8 heteroatoms. The first kappa shape index (κ1) is 17.2. The van der Waals surface area contributed by atoms with Gasteiger partial charge in [0.15, 0.2) is 5.13 Å². The topological polar surface area (TPSA) is 84.2 Å². The highest BCUT2D eigenvalue weighted by Gasteiger charge is 2.21. The molecule has 1 N–H and O–H groups in total. The van der Waals surface area contributed by atoms with Gasteiger partial charge in [0.2, 0.25) is 17.7 Å². The van der Waals surface area contributed by atoms with E-state index in [-0.39, 0.29) is 11.9 Å². The fourth-order valence-corrected chi connectivity index (χ4v) is 2.88. The smallest absolute Gasteiger partial charge is 0.247 e. The van der Waals surface area contributed by atoms with E-state index in [9.17, 15) is 4.79 Å². The lowest BCUT2D eigenvalue weighted by molar-refractivity contribution is -0.120. The van der Waals surface area contributed by atoms with Crippen LogP contribution in [0.15, 0.2) is 40.1 Å². The Balaban J connectivity index is 1.60. The quantitative estimate of drug-likeness (QED) is 0.730. The summed E-state index contributed by atoms with van der Waals surface area (Å²) in [6, 6.07) is 9.21. The summed E-state index contributed by atoms with van der Waals surface area (Å²) < 4.78 is 5.69. The molecule has 0 fully saturated rings. The largest absolute Gasteiger partial charge is 0.419 e. The van der Waals surface area contributed by atoms with Crippen molar-refractivity contribution in [1.29, 1.82) is 0 Å². The van der Waals surface area contributed by atoms with Crippen LogP contribution in [0.1, 0.15) is 18.5 Å². The summed E-state index contributed by atoms with van der Waals surface area (Å²) in [7, 11) is 1.84. The lowest BCUT2D eigenvalue weighted by Crippen LogP contribution is -2.39. The van der Waals surface area contributed by atoms with Crippen LogP contribution in [-0.2, 0) is 11.3 Å². The predicted octanol–water partition coefficient (Wildman–Crippen LogP) is 2.96. The van der Waals surface area contributed by atoms with Crippen molar-refractivity contribution >= 4 is 22.4 Å². The van der Waals surface area contributed by atoms with E-state index in [1.54, 1.807) is 0 Å². The zero-order valence-electron chi connectivity index (χ0n) is 14.3. The molecule has 2 heterocycles. The third-order valence-electron chi connectivity index (χ3n) is 3.76. The monoisotopic (exact) mass is 357 g/mol. The molecule has 0 bridgehead atoms. The van der Waals surface area contributed by atoms with E-state index in [1.165, 1.54) is 11.3 Å². The fourth-order valence-electron chi connectivity index (χ4n) is 2.19. The zero-order valence-corrected chi connectivity index (χ0v) is 15.1. The van der Waals surface area contributed by atoms with Crippen LogP contribution in [-0.4, -0.2) is 39.1 Å². The molecule has 0 radical (unpaired) electrons. The molecule has 3 aromatic rings. The summed E-state index contributed by atoms with van der Waals surface area (Å²) in [5, 5.41) is 13.4. The Hall–Kier alpha value is -2.58.